The van der Waals surface area contributed by atoms with E-state index in [1.807, 2.05) is 46.6 Å². The molecule has 2 aromatic rings. The van der Waals surface area contributed by atoms with E-state index in [1.165, 1.54) is 24.0 Å². The molecule has 1 aromatic carbocycles. The van der Waals surface area contributed by atoms with E-state index in [0.717, 1.165) is 24.3 Å². The van der Waals surface area contributed by atoms with Crippen LogP contribution in [0.15, 0.2) is 35.7 Å². The molecule has 0 radical (unpaired) electrons. The first-order chi connectivity index (χ1) is 36.1. The molecular formula is C56H82N8O11S. The fourth-order valence-electron chi connectivity index (χ4n) is 10.6. The minimum Gasteiger partial charge on any atom is -0.481 e. The molecule has 19 nitrogen and oxygen atoms in total. The van der Waals surface area contributed by atoms with Crippen LogP contribution in [0.5, 0.6) is 0 Å². The van der Waals surface area contributed by atoms with Crippen LogP contribution in [0, 0.1) is 23.7 Å². The Bertz CT molecular complexity index is 2410. The number of rotatable bonds is 29. The van der Waals surface area contributed by atoms with Crippen LogP contribution in [0.1, 0.15) is 171 Å². The quantitative estimate of drug-likeness (QED) is 0.0340. The first kappa shape index (κ1) is 61.0. The molecule has 2 aliphatic heterocycles. The summed E-state index contributed by atoms with van der Waals surface area (Å²) in [5.41, 5.74) is 7.36. The zero-order chi connectivity index (χ0) is 55.8. The number of carboxylic acids is 1. The van der Waals surface area contributed by atoms with E-state index in [2.05, 4.69) is 27.9 Å². The van der Waals surface area contributed by atoms with Gasteiger partial charge < -0.3 is 36.4 Å². The Hall–Kier alpha value is -5.86. The number of likely N-dealkylation sites (N-methyl/N-ethyl adjacent to an activating group) is 2. The zero-order valence-electron chi connectivity index (χ0n) is 45.8. The lowest BCUT2D eigenvalue weighted by molar-refractivity contribution is -0.150. The number of hydrogen-bond acceptors (Lipinski definition) is 14. The number of imide groups is 1. The van der Waals surface area contributed by atoms with Crippen molar-refractivity contribution in [3.63, 3.8) is 0 Å². The molecule has 6 N–H and O–H groups in total. The van der Waals surface area contributed by atoms with Gasteiger partial charge in [-0.1, -0.05) is 59.9 Å². The topological polar surface area (TPSA) is 268 Å². The number of carboxylic acid groups (broad SMARTS) is 1. The van der Waals surface area contributed by atoms with Gasteiger partial charge in [-0.05, 0) is 119 Å². The van der Waals surface area contributed by atoms with Crippen molar-refractivity contribution in [3.8, 4) is 0 Å². The van der Waals surface area contributed by atoms with Crippen molar-refractivity contribution in [2.24, 2.45) is 29.4 Å². The van der Waals surface area contributed by atoms with Gasteiger partial charge in [0, 0.05) is 80.5 Å². The van der Waals surface area contributed by atoms with Gasteiger partial charge in [0.15, 0.2) is 6.10 Å². The monoisotopic (exact) mass is 1070 g/mol. The Morgan fingerprint density at radius 3 is 2.36 bits per heavy atom. The SMILES string of the molecule is CC[C@H](C)[C@H](NC(=O)[C@H]1C[C@H](C)CCN1C)C(=O)N(CC)[C@H](C[C@@H](OC(C)=O)c1nc(C(=O)N[C@H]2Cc3ccc(NC(=O)[C@H](CCCCN)CC(=O)CCCCCN4C(=O)C=CC4=O)cc3[C@H](C(=O)O)C2)cs1)C(C)C. The highest BCUT2D eigenvalue weighted by atomic mass is 32.1. The molecule has 9 atom stereocenters. The van der Waals surface area contributed by atoms with Crippen molar-refractivity contribution in [2.75, 3.05) is 38.5 Å². The van der Waals surface area contributed by atoms with Gasteiger partial charge in [0.25, 0.3) is 17.7 Å². The summed E-state index contributed by atoms with van der Waals surface area (Å²) in [6.07, 6.45) is 8.24. The number of Topliss-reactive ketones (excluding diaryl/α,β-unsaturated/α-hetero) is 1. The van der Waals surface area contributed by atoms with Gasteiger partial charge in [-0.15, -0.1) is 11.3 Å². The first-order valence-corrected chi connectivity index (χ1v) is 28.2. The van der Waals surface area contributed by atoms with Gasteiger partial charge in [-0.25, -0.2) is 4.98 Å². The standard InChI is InChI=1S/C56H82N8O11S/c1-9-35(6)50(61-53(71)46-26-34(5)22-25-62(46)8)55(72)63(10-2)45(33(3)4)31-47(75-36(7)65)54-60-44(32-76-54)52(70)59-40-27-37-18-19-39(29-42(37)43(30-40)56(73)74)58-51(69)38(16-13-14-23-57)28-41(66)17-12-11-15-24-64-48(67)20-21-49(64)68/h18-21,29,32-35,38,40,43,45-47,50H,9-17,22-28,30-31,57H2,1-8H3,(H,58,69)(H,59,70)(H,61,71)(H,73,74)/t34-,35+,38-,40+,43-,45-,46-,47-,50+/m1/s1. The van der Waals surface area contributed by atoms with Crippen LogP contribution >= 0.6 is 11.3 Å². The summed E-state index contributed by atoms with van der Waals surface area (Å²) in [6.45, 7) is 15.1. The first-order valence-electron chi connectivity index (χ1n) is 27.3. The molecule has 1 aromatic heterocycles. The highest BCUT2D eigenvalue weighted by Gasteiger charge is 2.40. The van der Waals surface area contributed by atoms with E-state index < -0.39 is 53.9 Å². The Balaban J connectivity index is 1.23. The molecule has 0 saturated carbocycles. The number of aromatic nitrogens is 1. The normalized spacial score (nSPS) is 20.5. The van der Waals surface area contributed by atoms with Crippen molar-refractivity contribution >= 4 is 70.2 Å². The molecule has 1 fully saturated rings. The molecule has 3 aliphatic rings. The van der Waals surface area contributed by atoms with E-state index >= 15 is 0 Å². The number of piperidine rings is 1. The molecule has 3 heterocycles. The average molecular weight is 1080 g/mol. The molecule has 20 heteroatoms. The third kappa shape index (κ3) is 16.8. The van der Waals surface area contributed by atoms with Gasteiger partial charge in [0.1, 0.15) is 22.5 Å². The second kappa shape index (κ2) is 29.0. The summed E-state index contributed by atoms with van der Waals surface area (Å²) in [5, 5.41) is 21.4. The lowest BCUT2D eigenvalue weighted by Crippen LogP contribution is -2.59. The number of esters is 1. The number of carbonyl (C=O) groups excluding carboxylic acids is 8. The number of nitrogens with zero attached hydrogens (tertiary/aromatic N) is 4. The van der Waals surface area contributed by atoms with E-state index in [1.54, 1.807) is 28.5 Å². The molecule has 6 amide bonds. The third-order valence-corrected chi connectivity index (χ3v) is 16.2. The third-order valence-electron chi connectivity index (χ3n) is 15.3. The maximum Gasteiger partial charge on any atom is 0.311 e. The van der Waals surface area contributed by atoms with Crippen molar-refractivity contribution < 1.29 is 53.0 Å². The van der Waals surface area contributed by atoms with Crippen LogP contribution in [0.4, 0.5) is 5.69 Å². The molecule has 5 rings (SSSR count). The number of thiazole rings is 1. The smallest absolute Gasteiger partial charge is 0.311 e. The Morgan fingerprint density at radius 2 is 1.71 bits per heavy atom. The van der Waals surface area contributed by atoms with Crippen LogP contribution in [0.3, 0.4) is 0 Å². The summed E-state index contributed by atoms with van der Waals surface area (Å²) < 4.78 is 5.87. The van der Waals surface area contributed by atoms with Gasteiger partial charge in [-0.3, -0.25) is 53.0 Å². The average Bonchev–Trinajstić information content (AvgIpc) is 4.00. The number of hydrogen-bond donors (Lipinski definition) is 5. The number of unbranched alkanes of at least 4 members (excludes halogenated alkanes) is 3. The minimum absolute atomic E-state index is 0.0223. The number of aliphatic carboxylic acids is 1. The van der Waals surface area contributed by atoms with Gasteiger partial charge in [0.2, 0.25) is 17.7 Å². The van der Waals surface area contributed by atoms with Gasteiger partial charge >= 0.3 is 11.9 Å². The molecule has 0 bridgehead atoms. The maximum atomic E-state index is 14.6. The van der Waals surface area contributed by atoms with E-state index in [9.17, 15) is 48.3 Å². The highest BCUT2D eigenvalue weighted by Crippen LogP contribution is 2.36. The number of carbonyl (C=O) groups is 9. The minimum atomic E-state index is -1.10. The Morgan fingerprint density at radius 1 is 0.987 bits per heavy atom. The highest BCUT2D eigenvalue weighted by molar-refractivity contribution is 7.09. The second-order valence-electron chi connectivity index (χ2n) is 21.4. The number of ketones is 1. The molecule has 76 heavy (non-hydrogen) atoms. The van der Waals surface area contributed by atoms with Crippen LogP contribution < -0.4 is 21.7 Å². The Kier molecular flexibility index (Phi) is 23.3. The van der Waals surface area contributed by atoms with Gasteiger partial charge in [0.05, 0.1) is 12.0 Å². The maximum absolute atomic E-state index is 14.6. The molecule has 1 aliphatic carbocycles. The van der Waals surface area contributed by atoms with E-state index in [4.69, 9.17) is 10.5 Å². The van der Waals surface area contributed by atoms with Crippen LogP contribution in [0.25, 0.3) is 0 Å². The summed E-state index contributed by atoms with van der Waals surface area (Å²) in [6, 6.07) is 2.92. The number of nitrogens with two attached hydrogens (primary N) is 1. The molecule has 0 unspecified atom stereocenters. The van der Waals surface area contributed by atoms with Gasteiger partial charge in [-0.2, -0.15) is 0 Å². The molecule has 0 spiro atoms. The number of likely N-dealkylation sites (tertiary alicyclic amines) is 1. The molecule has 1 saturated heterocycles. The molecular weight excluding hydrogens is 993 g/mol. The predicted molar refractivity (Wildman–Crippen MR) is 289 cm³/mol. The fraction of sp³-hybridized carbons (Fsp3) is 0.643. The fourth-order valence-corrected chi connectivity index (χ4v) is 11.4. The van der Waals surface area contributed by atoms with E-state index in [-0.39, 0.29) is 91.1 Å². The van der Waals surface area contributed by atoms with Crippen LogP contribution in [0.2, 0.25) is 0 Å². The lowest BCUT2D eigenvalue weighted by atomic mass is 9.79. The Labute approximate surface area is 451 Å². The number of anilines is 1. The number of amides is 6. The second-order valence-corrected chi connectivity index (χ2v) is 22.3. The number of nitrogens with one attached hydrogen (secondary N) is 3. The number of ether oxygens (including phenoxy) is 1. The lowest BCUT2D eigenvalue weighted by Gasteiger charge is -2.40. The summed E-state index contributed by atoms with van der Waals surface area (Å²) in [5.74, 6) is -5.24. The van der Waals surface area contributed by atoms with Crippen molar-refractivity contribution in [2.45, 2.75) is 175 Å². The zero-order valence-corrected chi connectivity index (χ0v) is 46.6. The van der Waals surface area contributed by atoms with Crippen molar-refractivity contribution in [1.29, 1.82) is 0 Å². The van der Waals surface area contributed by atoms with Crippen molar-refractivity contribution in [3.05, 3.63) is 57.6 Å². The largest absolute Gasteiger partial charge is 0.481 e. The predicted octanol–water partition coefficient (Wildman–Crippen LogP) is 6.31. The summed E-state index contributed by atoms with van der Waals surface area (Å²) in [4.78, 5) is 128. The van der Waals surface area contributed by atoms with Crippen LogP contribution in [-0.2, 0) is 49.5 Å². The summed E-state index contributed by atoms with van der Waals surface area (Å²) >= 11 is 1.14. The summed E-state index contributed by atoms with van der Waals surface area (Å²) in [7, 11) is 1.94. The van der Waals surface area contributed by atoms with Crippen LogP contribution in [-0.4, -0.2) is 135 Å². The van der Waals surface area contributed by atoms with E-state index in [0.29, 0.717) is 98.6 Å². The van der Waals surface area contributed by atoms with Crippen molar-refractivity contribution in [1.82, 2.24) is 30.3 Å². The molecule has 418 valence electrons. The number of benzene rings is 1. The number of fused-ring (bicyclic) bond motifs is 1.